The van der Waals surface area contributed by atoms with Crippen molar-refractivity contribution in [2.75, 3.05) is 24.5 Å². The summed E-state index contributed by atoms with van der Waals surface area (Å²) in [5.74, 6) is 0.773. The van der Waals surface area contributed by atoms with E-state index in [1.807, 2.05) is 30.3 Å². The molecule has 1 saturated heterocycles. The van der Waals surface area contributed by atoms with Crippen LogP contribution in [0.5, 0.6) is 0 Å². The molecule has 2 heterocycles. The minimum atomic E-state index is -0.0732. The predicted octanol–water partition coefficient (Wildman–Crippen LogP) is 3.40. The molecule has 5 rings (SSSR count). The van der Waals surface area contributed by atoms with Crippen LogP contribution in [0.1, 0.15) is 54.7 Å². The first-order valence-corrected chi connectivity index (χ1v) is 12.5. The van der Waals surface area contributed by atoms with Crippen molar-refractivity contribution in [1.29, 1.82) is 0 Å². The van der Waals surface area contributed by atoms with Crippen LogP contribution >= 0.6 is 0 Å². The first kappa shape index (κ1) is 22.6. The van der Waals surface area contributed by atoms with Crippen molar-refractivity contribution in [1.82, 2.24) is 20.6 Å². The van der Waals surface area contributed by atoms with Crippen LogP contribution in [0.2, 0.25) is 0 Å². The van der Waals surface area contributed by atoms with Crippen LogP contribution < -0.4 is 21.1 Å². The molecule has 2 aromatic carbocycles. The second-order valence-corrected chi connectivity index (χ2v) is 9.50. The van der Waals surface area contributed by atoms with E-state index in [0.717, 1.165) is 62.2 Å². The van der Waals surface area contributed by atoms with Gasteiger partial charge in [-0.3, -0.25) is 9.59 Å². The predicted molar refractivity (Wildman–Crippen MR) is 135 cm³/mol. The van der Waals surface area contributed by atoms with Crippen molar-refractivity contribution in [2.24, 2.45) is 0 Å². The average Bonchev–Trinajstić information content (AvgIpc) is 3.38. The fraction of sp³-hybridized carbons (Fsp3) is 0.444. The molecule has 1 aliphatic heterocycles. The summed E-state index contributed by atoms with van der Waals surface area (Å²) in [4.78, 5) is 34.6. The standard InChI is InChI=1S/C27H33N5O2/c33-26(29-21-5-1-2-6-21)19-9-11-22(12-10-19)32-17-14-20(15-18-32)28-16-13-25-30-24-8-4-3-7-23(24)27(34)31-25/h3-4,7-12,20-21,28H,1-2,5-6,13-18H2,(H,29,33)(H,30,31,34). The first-order chi connectivity index (χ1) is 16.7. The molecule has 0 bridgehead atoms. The third-order valence-electron chi connectivity index (χ3n) is 7.14. The zero-order valence-corrected chi connectivity index (χ0v) is 19.6. The van der Waals surface area contributed by atoms with Crippen LogP contribution in [0, 0.1) is 0 Å². The zero-order valence-electron chi connectivity index (χ0n) is 19.6. The molecule has 7 nitrogen and oxygen atoms in total. The van der Waals surface area contributed by atoms with E-state index in [1.54, 1.807) is 6.07 Å². The van der Waals surface area contributed by atoms with Gasteiger partial charge in [-0.2, -0.15) is 0 Å². The van der Waals surface area contributed by atoms with Gasteiger partial charge in [-0.15, -0.1) is 0 Å². The second kappa shape index (κ2) is 10.4. The highest BCUT2D eigenvalue weighted by atomic mass is 16.1. The van der Waals surface area contributed by atoms with E-state index >= 15 is 0 Å². The topological polar surface area (TPSA) is 90.1 Å². The number of para-hydroxylation sites is 1. The van der Waals surface area contributed by atoms with Crippen molar-refractivity contribution in [3.8, 4) is 0 Å². The molecule has 0 radical (unpaired) electrons. The Morgan fingerprint density at radius 3 is 2.47 bits per heavy atom. The Morgan fingerprint density at radius 2 is 1.71 bits per heavy atom. The van der Waals surface area contributed by atoms with Gasteiger partial charge in [0.15, 0.2) is 0 Å². The molecule has 178 valence electrons. The van der Waals surface area contributed by atoms with Crippen molar-refractivity contribution in [3.63, 3.8) is 0 Å². The number of benzene rings is 2. The minimum absolute atomic E-state index is 0.0450. The minimum Gasteiger partial charge on any atom is -0.371 e. The maximum absolute atomic E-state index is 12.5. The van der Waals surface area contributed by atoms with E-state index < -0.39 is 0 Å². The normalized spacial score (nSPS) is 17.4. The summed E-state index contributed by atoms with van der Waals surface area (Å²) in [6, 6.07) is 16.3. The first-order valence-electron chi connectivity index (χ1n) is 12.5. The molecule has 2 fully saturated rings. The lowest BCUT2D eigenvalue weighted by Crippen LogP contribution is -2.43. The maximum Gasteiger partial charge on any atom is 0.258 e. The van der Waals surface area contributed by atoms with Gasteiger partial charge in [-0.25, -0.2) is 4.98 Å². The molecule has 7 heteroatoms. The molecule has 1 amide bonds. The number of carbonyl (C=O) groups is 1. The number of rotatable bonds is 7. The number of aromatic nitrogens is 2. The Labute approximate surface area is 200 Å². The number of carbonyl (C=O) groups excluding carboxylic acids is 1. The van der Waals surface area contributed by atoms with Gasteiger partial charge < -0.3 is 20.5 Å². The lowest BCUT2D eigenvalue weighted by Gasteiger charge is -2.34. The lowest BCUT2D eigenvalue weighted by atomic mass is 10.0. The van der Waals surface area contributed by atoms with Gasteiger partial charge in [0.05, 0.1) is 10.9 Å². The second-order valence-electron chi connectivity index (χ2n) is 9.50. The molecule has 3 N–H and O–H groups in total. The highest BCUT2D eigenvalue weighted by Gasteiger charge is 2.20. The van der Waals surface area contributed by atoms with Crippen LogP contribution in [-0.2, 0) is 6.42 Å². The summed E-state index contributed by atoms with van der Waals surface area (Å²) in [5.41, 5.74) is 2.59. The summed E-state index contributed by atoms with van der Waals surface area (Å²) >= 11 is 0. The Morgan fingerprint density at radius 1 is 0.971 bits per heavy atom. The molecular formula is C27H33N5O2. The highest BCUT2D eigenvalue weighted by Crippen LogP contribution is 2.22. The average molecular weight is 460 g/mol. The van der Waals surface area contributed by atoms with Crippen LogP contribution in [0.4, 0.5) is 5.69 Å². The number of piperidine rings is 1. The van der Waals surface area contributed by atoms with Crippen molar-refractivity contribution in [3.05, 3.63) is 70.3 Å². The molecule has 0 unspecified atom stereocenters. The van der Waals surface area contributed by atoms with Crippen LogP contribution in [-0.4, -0.2) is 47.6 Å². The van der Waals surface area contributed by atoms with E-state index in [2.05, 4.69) is 37.6 Å². The van der Waals surface area contributed by atoms with Crippen LogP contribution in [0.15, 0.2) is 53.3 Å². The summed E-state index contributed by atoms with van der Waals surface area (Å²) in [6.45, 7) is 2.75. The third kappa shape index (κ3) is 5.30. The SMILES string of the molecule is O=C(NC1CCCC1)c1ccc(N2CCC(NCCc3nc4ccccc4c(=O)[nH]3)CC2)cc1. The molecular weight excluding hydrogens is 426 g/mol. The quantitative estimate of drug-likeness (QED) is 0.504. The monoisotopic (exact) mass is 459 g/mol. The number of fused-ring (bicyclic) bond motifs is 1. The zero-order chi connectivity index (χ0) is 23.3. The molecule has 3 aromatic rings. The Kier molecular flexibility index (Phi) is 6.90. The number of aromatic amines is 1. The summed E-state index contributed by atoms with van der Waals surface area (Å²) in [5, 5.41) is 7.42. The van der Waals surface area contributed by atoms with Gasteiger partial charge in [0.25, 0.3) is 11.5 Å². The number of H-pyrrole nitrogens is 1. The molecule has 0 atom stereocenters. The fourth-order valence-electron chi connectivity index (χ4n) is 5.15. The molecule has 0 spiro atoms. The Balaban J connectivity index is 1.08. The van der Waals surface area contributed by atoms with Gasteiger partial charge in [-0.1, -0.05) is 25.0 Å². The maximum atomic E-state index is 12.5. The van der Waals surface area contributed by atoms with Gasteiger partial charge in [0, 0.05) is 49.4 Å². The van der Waals surface area contributed by atoms with E-state index in [0.29, 0.717) is 23.9 Å². The number of hydrogen-bond acceptors (Lipinski definition) is 5. The Hall–Kier alpha value is -3.19. The van der Waals surface area contributed by atoms with E-state index in [4.69, 9.17) is 0 Å². The van der Waals surface area contributed by atoms with E-state index in [9.17, 15) is 9.59 Å². The van der Waals surface area contributed by atoms with Gasteiger partial charge in [-0.05, 0) is 62.1 Å². The molecule has 34 heavy (non-hydrogen) atoms. The highest BCUT2D eigenvalue weighted by molar-refractivity contribution is 5.94. The number of hydrogen-bond donors (Lipinski definition) is 3. The van der Waals surface area contributed by atoms with Crippen molar-refractivity contribution >= 4 is 22.5 Å². The summed E-state index contributed by atoms with van der Waals surface area (Å²) < 4.78 is 0. The lowest BCUT2D eigenvalue weighted by molar-refractivity contribution is 0.0938. The largest absolute Gasteiger partial charge is 0.371 e. The summed E-state index contributed by atoms with van der Waals surface area (Å²) in [7, 11) is 0. The third-order valence-corrected chi connectivity index (χ3v) is 7.14. The molecule has 2 aliphatic rings. The van der Waals surface area contributed by atoms with Gasteiger partial charge >= 0.3 is 0 Å². The van der Waals surface area contributed by atoms with Crippen LogP contribution in [0.3, 0.4) is 0 Å². The molecule has 1 saturated carbocycles. The Bertz CT molecular complexity index is 1180. The smallest absolute Gasteiger partial charge is 0.258 e. The van der Waals surface area contributed by atoms with E-state index in [-0.39, 0.29) is 11.5 Å². The van der Waals surface area contributed by atoms with Crippen molar-refractivity contribution < 1.29 is 4.79 Å². The summed E-state index contributed by atoms with van der Waals surface area (Å²) in [6.07, 6.45) is 7.46. The van der Waals surface area contributed by atoms with Crippen molar-refractivity contribution in [2.45, 2.75) is 57.0 Å². The number of nitrogens with one attached hydrogen (secondary N) is 3. The fourth-order valence-corrected chi connectivity index (χ4v) is 5.15. The molecule has 1 aliphatic carbocycles. The number of nitrogens with zero attached hydrogens (tertiary/aromatic N) is 2. The molecule has 1 aromatic heterocycles. The number of amides is 1. The van der Waals surface area contributed by atoms with Gasteiger partial charge in [0.1, 0.15) is 5.82 Å². The van der Waals surface area contributed by atoms with Crippen LogP contribution in [0.25, 0.3) is 10.9 Å². The van der Waals surface area contributed by atoms with E-state index in [1.165, 1.54) is 18.5 Å². The van der Waals surface area contributed by atoms with Gasteiger partial charge in [0.2, 0.25) is 0 Å². The number of anilines is 1.